The van der Waals surface area contributed by atoms with Crippen LogP contribution in [0.5, 0.6) is 17.2 Å². The molecule has 0 bridgehead atoms. The molecule has 1 N–H and O–H groups in total. The first-order chi connectivity index (χ1) is 16.6. The highest BCUT2D eigenvalue weighted by Gasteiger charge is 2.26. The first kappa shape index (κ1) is 21.8. The van der Waals surface area contributed by atoms with Crippen LogP contribution in [0.2, 0.25) is 0 Å². The Morgan fingerprint density at radius 1 is 1.00 bits per heavy atom. The predicted octanol–water partition coefficient (Wildman–Crippen LogP) is 5.26. The van der Waals surface area contributed by atoms with Crippen LogP contribution in [-0.2, 0) is 0 Å². The molecule has 0 atom stereocenters. The zero-order valence-corrected chi connectivity index (χ0v) is 18.8. The van der Waals surface area contributed by atoms with Crippen molar-refractivity contribution in [1.29, 1.82) is 0 Å². The second-order valence-electron chi connectivity index (χ2n) is 8.14. The Morgan fingerprint density at radius 3 is 2.74 bits per heavy atom. The highest BCUT2D eigenvalue weighted by molar-refractivity contribution is 6.04. The summed E-state index contributed by atoms with van der Waals surface area (Å²) in [5.74, 6) is 2.50. The van der Waals surface area contributed by atoms with Crippen molar-refractivity contribution >= 4 is 23.2 Å². The Kier molecular flexibility index (Phi) is 6.03. The molecule has 2 aliphatic heterocycles. The molecule has 0 unspecified atom stereocenters. The molecule has 2 aliphatic rings. The Bertz CT molecular complexity index is 1250. The molecule has 34 heavy (non-hydrogen) atoms. The van der Waals surface area contributed by atoms with Crippen LogP contribution in [0.4, 0.5) is 20.6 Å². The van der Waals surface area contributed by atoms with E-state index in [1.807, 2.05) is 42.5 Å². The number of ether oxygens (including phenoxy) is 2. The van der Waals surface area contributed by atoms with Crippen molar-refractivity contribution < 1.29 is 18.7 Å². The lowest BCUT2D eigenvalue weighted by Gasteiger charge is -2.25. The lowest BCUT2D eigenvalue weighted by atomic mass is 10.1. The quantitative estimate of drug-likeness (QED) is 0.567. The topological polar surface area (TPSA) is 66.4 Å². The third kappa shape index (κ3) is 4.52. The van der Waals surface area contributed by atoms with Gasteiger partial charge in [-0.2, -0.15) is 0 Å². The highest BCUT2D eigenvalue weighted by atomic mass is 19.1. The summed E-state index contributed by atoms with van der Waals surface area (Å²) in [5, 5.41) is 2.79. The number of fused-ring (bicyclic) bond motifs is 2. The van der Waals surface area contributed by atoms with Crippen molar-refractivity contribution in [3.05, 3.63) is 78.1 Å². The molecule has 1 fully saturated rings. The van der Waals surface area contributed by atoms with Crippen LogP contribution in [0.3, 0.4) is 0 Å². The number of urea groups is 1. The number of para-hydroxylation sites is 2. The van der Waals surface area contributed by atoms with Gasteiger partial charge in [0.25, 0.3) is 0 Å². The van der Waals surface area contributed by atoms with Gasteiger partial charge in [0.2, 0.25) is 0 Å². The van der Waals surface area contributed by atoms with E-state index >= 15 is 0 Å². The van der Waals surface area contributed by atoms with Gasteiger partial charge in [0, 0.05) is 31.9 Å². The normalized spacial score (nSPS) is 15.2. The third-order valence-corrected chi connectivity index (χ3v) is 5.90. The molecule has 8 heteroatoms. The smallest absolute Gasteiger partial charge is 0.321 e. The van der Waals surface area contributed by atoms with Gasteiger partial charge in [0.1, 0.15) is 28.8 Å². The number of amidine groups is 1. The number of halogens is 1. The van der Waals surface area contributed by atoms with E-state index in [9.17, 15) is 9.18 Å². The van der Waals surface area contributed by atoms with Gasteiger partial charge in [-0.25, -0.2) is 14.2 Å². The number of aliphatic imine (C=N–C) groups is 1. The van der Waals surface area contributed by atoms with E-state index in [0.717, 1.165) is 30.1 Å². The van der Waals surface area contributed by atoms with Crippen LogP contribution in [-0.4, -0.2) is 55.0 Å². The third-order valence-electron chi connectivity index (χ3n) is 5.90. The Labute approximate surface area is 197 Å². The fourth-order valence-corrected chi connectivity index (χ4v) is 4.17. The number of nitrogens with zero attached hydrogens (tertiary/aromatic N) is 3. The monoisotopic (exact) mass is 460 g/mol. The van der Waals surface area contributed by atoms with Gasteiger partial charge in [0.05, 0.1) is 12.7 Å². The molecule has 174 valence electrons. The van der Waals surface area contributed by atoms with Crippen LogP contribution in [0.15, 0.2) is 71.7 Å². The number of nitrogens with one attached hydrogen (secondary N) is 1. The number of rotatable bonds is 2. The average molecular weight is 461 g/mol. The van der Waals surface area contributed by atoms with Gasteiger partial charge in [-0.1, -0.05) is 18.2 Å². The maximum Gasteiger partial charge on any atom is 0.321 e. The van der Waals surface area contributed by atoms with E-state index in [1.165, 1.54) is 12.1 Å². The maximum absolute atomic E-state index is 13.5. The number of carbonyl (C=O) groups excluding carboxylic acids is 1. The van der Waals surface area contributed by atoms with Crippen LogP contribution in [0.1, 0.15) is 12.0 Å². The molecule has 0 aromatic heterocycles. The van der Waals surface area contributed by atoms with Crippen LogP contribution in [0.25, 0.3) is 0 Å². The summed E-state index contributed by atoms with van der Waals surface area (Å²) < 4.78 is 25.1. The molecular weight excluding hydrogens is 435 g/mol. The van der Waals surface area contributed by atoms with Crippen molar-refractivity contribution in [2.75, 3.05) is 38.6 Å². The summed E-state index contributed by atoms with van der Waals surface area (Å²) in [4.78, 5) is 21.7. The van der Waals surface area contributed by atoms with E-state index in [1.54, 1.807) is 24.1 Å². The zero-order valence-electron chi connectivity index (χ0n) is 18.8. The summed E-state index contributed by atoms with van der Waals surface area (Å²) in [7, 11) is 1.63. The van der Waals surface area contributed by atoms with Crippen LogP contribution < -0.4 is 14.8 Å². The molecule has 0 aliphatic carbocycles. The van der Waals surface area contributed by atoms with Crippen molar-refractivity contribution in [2.24, 2.45) is 4.99 Å². The van der Waals surface area contributed by atoms with Crippen molar-refractivity contribution in [2.45, 2.75) is 6.42 Å². The molecule has 0 radical (unpaired) electrons. The van der Waals surface area contributed by atoms with Gasteiger partial charge in [0.15, 0.2) is 5.75 Å². The summed E-state index contributed by atoms with van der Waals surface area (Å²) in [6, 6.07) is 19.0. The van der Waals surface area contributed by atoms with E-state index in [-0.39, 0.29) is 11.8 Å². The summed E-state index contributed by atoms with van der Waals surface area (Å²) in [6.45, 7) is 2.40. The van der Waals surface area contributed by atoms with Crippen LogP contribution in [0, 0.1) is 5.82 Å². The van der Waals surface area contributed by atoms with Gasteiger partial charge < -0.3 is 24.6 Å². The maximum atomic E-state index is 13.5. The summed E-state index contributed by atoms with van der Waals surface area (Å²) >= 11 is 0. The molecular formula is C26H25FN4O3. The molecule has 3 aromatic rings. The van der Waals surface area contributed by atoms with Crippen LogP contribution >= 0.6 is 0 Å². The fraction of sp³-hybridized carbons (Fsp3) is 0.231. The fourth-order valence-electron chi connectivity index (χ4n) is 4.17. The van der Waals surface area contributed by atoms with Gasteiger partial charge in [-0.05, 0) is 55.0 Å². The lowest BCUT2D eigenvalue weighted by Crippen LogP contribution is -2.39. The second kappa shape index (κ2) is 9.43. The Morgan fingerprint density at radius 2 is 1.88 bits per heavy atom. The van der Waals surface area contributed by atoms with Crippen molar-refractivity contribution in [1.82, 2.24) is 9.80 Å². The molecule has 5 rings (SSSR count). The Balaban J connectivity index is 1.40. The standard InChI is InChI=1S/C26H25FN4O3/c1-33-20-10-11-23-21(17-20)25(29-22-8-2-3-9-24(22)34-23)30-12-5-13-31(15-14-30)26(32)28-19-7-4-6-18(27)16-19/h2-4,6-11,16-17H,5,12-15H2,1H3,(H,28,32). The minimum Gasteiger partial charge on any atom is -0.497 e. The average Bonchev–Trinajstić information content (AvgIpc) is 3.18. The first-order valence-corrected chi connectivity index (χ1v) is 11.2. The van der Waals surface area contributed by atoms with Crippen molar-refractivity contribution in [3.8, 4) is 17.2 Å². The number of carbonyl (C=O) groups is 1. The number of hydrogen-bond donors (Lipinski definition) is 1. The second-order valence-corrected chi connectivity index (χ2v) is 8.14. The summed E-state index contributed by atoms with van der Waals surface area (Å²) in [6.07, 6.45) is 0.761. The molecule has 0 spiro atoms. The SMILES string of the molecule is COc1ccc2c(c1)C(N1CCCN(C(=O)Nc3cccc(F)c3)CC1)=Nc1ccccc1O2. The highest BCUT2D eigenvalue weighted by Crippen LogP contribution is 2.39. The molecule has 0 saturated carbocycles. The van der Waals surface area contributed by atoms with E-state index in [0.29, 0.717) is 42.6 Å². The number of hydrogen-bond acceptors (Lipinski definition) is 5. The minimum atomic E-state index is -0.386. The van der Waals surface area contributed by atoms with E-state index in [4.69, 9.17) is 14.5 Å². The minimum absolute atomic E-state index is 0.244. The molecule has 7 nitrogen and oxygen atoms in total. The van der Waals surface area contributed by atoms with Gasteiger partial charge in [-0.15, -0.1) is 0 Å². The van der Waals surface area contributed by atoms with Gasteiger partial charge >= 0.3 is 6.03 Å². The van der Waals surface area contributed by atoms with Crippen molar-refractivity contribution in [3.63, 3.8) is 0 Å². The molecule has 1 saturated heterocycles. The predicted molar refractivity (Wildman–Crippen MR) is 129 cm³/mol. The Hall–Kier alpha value is -4.07. The number of anilines is 1. The zero-order chi connectivity index (χ0) is 23.5. The number of amides is 2. The molecule has 3 aromatic carbocycles. The number of methoxy groups -OCH3 is 1. The van der Waals surface area contributed by atoms with E-state index in [2.05, 4.69) is 10.2 Å². The van der Waals surface area contributed by atoms with Gasteiger partial charge in [-0.3, -0.25) is 0 Å². The number of benzene rings is 3. The summed E-state index contributed by atoms with van der Waals surface area (Å²) in [5.41, 5.74) is 2.03. The molecule has 2 amide bonds. The first-order valence-electron chi connectivity index (χ1n) is 11.2. The molecule has 2 heterocycles. The van der Waals surface area contributed by atoms with E-state index < -0.39 is 0 Å². The lowest BCUT2D eigenvalue weighted by molar-refractivity contribution is 0.214. The largest absolute Gasteiger partial charge is 0.497 e.